The fourth-order valence-corrected chi connectivity index (χ4v) is 4.81. The number of halogens is 2. The topological polar surface area (TPSA) is 101 Å². The van der Waals surface area contributed by atoms with E-state index in [2.05, 4.69) is 0 Å². The van der Waals surface area contributed by atoms with Gasteiger partial charge in [-0.15, -0.1) is 0 Å². The molecule has 0 bridgehead atoms. The fourth-order valence-electron chi connectivity index (χ4n) is 2.12. The molecule has 126 valence electrons. The van der Waals surface area contributed by atoms with Gasteiger partial charge in [-0.05, 0) is 13.3 Å². The standard InChI is InChI=1S/C10H19F2NO6S2/c1-3-9(10(11,12)8(2)21(16,17)18)20(14,15)13-4-6-19-7-5-13/h8-9H,3-7H2,1-2H3,(H,16,17,18). The van der Waals surface area contributed by atoms with Crippen LogP contribution >= 0.6 is 0 Å². The molecule has 0 amide bonds. The van der Waals surface area contributed by atoms with Gasteiger partial charge in [-0.1, -0.05) is 6.92 Å². The highest BCUT2D eigenvalue weighted by Crippen LogP contribution is 2.35. The second-order valence-corrected chi connectivity index (χ2v) is 8.64. The predicted octanol–water partition coefficient (Wildman–Crippen LogP) is 0.339. The normalized spacial score (nSPS) is 22.0. The molecule has 11 heteroatoms. The van der Waals surface area contributed by atoms with E-state index in [1.54, 1.807) is 0 Å². The number of hydrogen-bond acceptors (Lipinski definition) is 5. The molecule has 1 aliphatic rings. The van der Waals surface area contributed by atoms with Crippen LogP contribution < -0.4 is 0 Å². The fraction of sp³-hybridized carbons (Fsp3) is 1.00. The van der Waals surface area contributed by atoms with Crippen LogP contribution in [-0.2, 0) is 24.9 Å². The Morgan fingerprint density at radius 2 is 1.71 bits per heavy atom. The van der Waals surface area contributed by atoms with Gasteiger partial charge in [0, 0.05) is 13.1 Å². The van der Waals surface area contributed by atoms with E-state index in [0.717, 1.165) is 4.31 Å². The lowest BCUT2D eigenvalue weighted by Gasteiger charge is -2.34. The van der Waals surface area contributed by atoms with E-state index in [9.17, 15) is 25.6 Å². The van der Waals surface area contributed by atoms with Gasteiger partial charge in [0.2, 0.25) is 10.0 Å². The smallest absolute Gasteiger partial charge is 0.284 e. The van der Waals surface area contributed by atoms with Gasteiger partial charge in [-0.2, -0.15) is 12.7 Å². The maximum absolute atomic E-state index is 14.3. The van der Waals surface area contributed by atoms with Gasteiger partial charge in [-0.25, -0.2) is 17.2 Å². The van der Waals surface area contributed by atoms with E-state index < -0.39 is 43.0 Å². The van der Waals surface area contributed by atoms with Crippen LogP contribution in [0.2, 0.25) is 0 Å². The molecule has 2 atom stereocenters. The zero-order valence-electron chi connectivity index (χ0n) is 11.7. The molecule has 0 saturated carbocycles. The van der Waals surface area contributed by atoms with E-state index in [0.29, 0.717) is 6.92 Å². The summed E-state index contributed by atoms with van der Waals surface area (Å²) in [5.74, 6) is -4.11. The lowest BCUT2D eigenvalue weighted by Crippen LogP contribution is -2.55. The highest BCUT2D eigenvalue weighted by atomic mass is 32.2. The largest absolute Gasteiger partial charge is 0.379 e. The first-order valence-electron chi connectivity index (χ1n) is 6.36. The Bertz CT molecular complexity index is 556. The summed E-state index contributed by atoms with van der Waals surface area (Å²) in [6.07, 6.45) is -0.480. The first-order valence-corrected chi connectivity index (χ1v) is 9.37. The van der Waals surface area contributed by atoms with Crippen molar-refractivity contribution in [2.24, 2.45) is 0 Å². The van der Waals surface area contributed by atoms with Crippen molar-refractivity contribution >= 4 is 20.1 Å². The highest BCUT2D eigenvalue weighted by molar-refractivity contribution is 7.90. The summed E-state index contributed by atoms with van der Waals surface area (Å²) in [7, 11) is -9.47. The highest BCUT2D eigenvalue weighted by Gasteiger charge is 2.56. The Kier molecular flexibility index (Phi) is 5.70. The Labute approximate surface area is 123 Å². The van der Waals surface area contributed by atoms with Crippen molar-refractivity contribution in [3.05, 3.63) is 0 Å². The SMILES string of the molecule is CCC(C(F)(F)C(C)S(=O)(=O)O)S(=O)(=O)N1CCOCC1. The molecule has 1 N–H and O–H groups in total. The van der Waals surface area contributed by atoms with Crippen molar-refractivity contribution in [1.29, 1.82) is 0 Å². The van der Waals surface area contributed by atoms with Gasteiger partial charge in [-0.3, -0.25) is 4.55 Å². The Morgan fingerprint density at radius 3 is 2.10 bits per heavy atom. The summed E-state index contributed by atoms with van der Waals surface area (Å²) in [6, 6.07) is 0. The van der Waals surface area contributed by atoms with Crippen molar-refractivity contribution in [3.63, 3.8) is 0 Å². The molecule has 21 heavy (non-hydrogen) atoms. The number of rotatable bonds is 6. The van der Waals surface area contributed by atoms with Crippen LogP contribution in [0.5, 0.6) is 0 Å². The zero-order valence-corrected chi connectivity index (χ0v) is 13.3. The summed E-state index contributed by atoms with van der Waals surface area (Å²) in [6.45, 7) is 1.88. The molecule has 1 rings (SSSR count). The minimum Gasteiger partial charge on any atom is -0.379 e. The number of ether oxygens (including phenoxy) is 1. The van der Waals surface area contributed by atoms with Crippen LogP contribution in [0.25, 0.3) is 0 Å². The predicted molar refractivity (Wildman–Crippen MR) is 71.3 cm³/mol. The molecule has 1 fully saturated rings. The molecule has 0 aliphatic carbocycles. The molecule has 7 nitrogen and oxygen atoms in total. The van der Waals surface area contributed by atoms with E-state index in [1.807, 2.05) is 0 Å². The quantitative estimate of drug-likeness (QED) is 0.693. The Balaban J connectivity index is 3.16. The molecular formula is C10H19F2NO6S2. The second kappa shape index (κ2) is 6.41. The van der Waals surface area contributed by atoms with E-state index >= 15 is 0 Å². The lowest BCUT2D eigenvalue weighted by molar-refractivity contribution is -0.00908. The maximum Gasteiger partial charge on any atom is 0.284 e. The first kappa shape index (κ1) is 18.7. The van der Waals surface area contributed by atoms with Crippen molar-refractivity contribution in [3.8, 4) is 0 Å². The molecular weight excluding hydrogens is 332 g/mol. The molecule has 0 aromatic carbocycles. The number of sulfonamides is 1. The third kappa shape index (κ3) is 3.89. The van der Waals surface area contributed by atoms with Crippen molar-refractivity contribution in [2.45, 2.75) is 36.7 Å². The molecule has 0 aromatic rings. The molecule has 1 aliphatic heterocycles. The third-order valence-corrected chi connectivity index (χ3v) is 7.14. The molecule has 0 spiro atoms. The van der Waals surface area contributed by atoms with Gasteiger partial charge in [0.05, 0.1) is 13.2 Å². The molecule has 0 aromatic heterocycles. The van der Waals surface area contributed by atoms with E-state index in [-0.39, 0.29) is 26.3 Å². The Hall–Kier alpha value is -0.360. The van der Waals surface area contributed by atoms with E-state index in [4.69, 9.17) is 9.29 Å². The minimum atomic E-state index is -5.06. The van der Waals surface area contributed by atoms with Crippen LogP contribution in [-0.4, -0.2) is 68.4 Å². The summed E-state index contributed by atoms with van der Waals surface area (Å²) < 4.78 is 89.7. The van der Waals surface area contributed by atoms with Gasteiger partial charge in [0.1, 0.15) is 10.5 Å². The molecule has 1 heterocycles. The van der Waals surface area contributed by atoms with Crippen LogP contribution in [0.4, 0.5) is 8.78 Å². The van der Waals surface area contributed by atoms with E-state index in [1.165, 1.54) is 6.92 Å². The third-order valence-electron chi connectivity index (χ3n) is 3.48. The van der Waals surface area contributed by atoms with Gasteiger partial charge in [0.25, 0.3) is 16.0 Å². The molecule has 2 unspecified atom stereocenters. The summed E-state index contributed by atoms with van der Waals surface area (Å²) in [5, 5.41) is -4.73. The average Bonchev–Trinajstić information content (AvgIpc) is 2.38. The summed E-state index contributed by atoms with van der Waals surface area (Å²) in [4.78, 5) is 0. The van der Waals surface area contributed by atoms with Crippen molar-refractivity contribution < 1.29 is 34.9 Å². The molecule has 1 saturated heterocycles. The van der Waals surface area contributed by atoms with Gasteiger partial charge >= 0.3 is 0 Å². The Morgan fingerprint density at radius 1 is 1.24 bits per heavy atom. The summed E-state index contributed by atoms with van der Waals surface area (Å²) >= 11 is 0. The van der Waals surface area contributed by atoms with Gasteiger partial charge < -0.3 is 4.74 Å². The molecule has 0 radical (unpaired) electrons. The monoisotopic (exact) mass is 351 g/mol. The number of alkyl halides is 2. The van der Waals surface area contributed by atoms with Crippen molar-refractivity contribution in [2.75, 3.05) is 26.3 Å². The first-order chi connectivity index (χ1) is 9.45. The number of hydrogen-bond donors (Lipinski definition) is 1. The number of nitrogens with zero attached hydrogens (tertiary/aromatic N) is 1. The van der Waals surface area contributed by atoms with Crippen molar-refractivity contribution in [1.82, 2.24) is 4.31 Å². The van der Waals surface area contributed by atoms with Gasteiger partial charge in [0.15, 0.2) is 0 Å². The number of morpholine rings is 1. The maximum atomic E-state index is 14.3. The van der Waals surface area contributed by atoms with Crippen LogP contribution in [0, 0.1) is 0 Å². The lowest BCUT2D eigenvalue weighted by atomic mass is 10.1. The van der Waals surface area contributed by atoms with Crippen LogP contribution in [0.1, 0.15) is 20.3 Å². The van der Waals surface area contributed by atoms with Crippen LogP contribution in [0.3, 0.4) is 0 Å². The average molecular weight is 351 g/mol. The second-order valence-electron chi connectivity index (χ2n) is 4.78. The minimum absolute atomic E-state index is 0.0603. The van der Waals surface area contributed by atoms with Crippen LogP contribution in [0.15, 0.2) is 0 Å². The summed E-state index contributed by atoms with van der Waals surface area (Å²) in [5.41, 5.74) is 0. The zero-order chi connectivity index (χ0) is 16.5.